The van der Waals surface area contributed by atoms with Crippen LogP contribution >= 0.6 is 11.6 Å². The van der Waals surface area contributed by atoms with Crippen molar-refractivity contribution in [3.8, 4) is 6.07 Å². The van der Waals surface area contributed by atoms with Gasteiger partial charge in [0.15, 0.2) is 0 Å². The van der Waals surface area contributed by atoms with Crippen LogP contribution in [0.1, 0.15) is 25.3 Å². The standard InChI is InChI=1S/C14H16ClN3O/c1-14(4-6-17-7-5-14)13(19)18-11-2-3-12(15)10(8-11)9-16/h2-3,8,17H,4-7H2,1H3,(H,18,19). The zero-order valence-electron chi connectivity index (χ0n) is 10.8. The summed E-state index contributed by atoms with van der Waals surface area (Å²) in [4.78, 5) is 12.3. The summed E-state index contributed by atoms with van der Waals surface area (Å²) in [6.07, 6.45) is 1.63. The van der Waals surface area contributed by atoms with Crippen molar-refractivity contribution < 1.29 is 4.79 Å². The molecule has 1 aromatic rings. The molecule has 0 aromatic heterocycles. The third kappa shape index (κ3) is 3.06. The lowest BCUT2D eigenvalue weighted by Crippen LogP contribution is -2.42. The second-order valence-electron chi connectivity index (χ2n) is 5.07. The van der Waals surface area contributed by atoms with Gasteiger partial charge in [0.25, 0.3) is 0 Å². The zero-order chi connectivity index (χ0) is 13.9. The van der Waals surface area contributed by atoms with Crippen LogP contribution in [0.15, 0.2) is 18.2 Å². The van der Waals surface area contributed by atoms with Crippen molar-refractivity contribution in [1.29, 1.82) is 5.26 Å². The maximum atomic E-state index is 12.3. The van der Waals surface area contributed by atoms with Crippen molar-refractivity contribution >= 4 is 23.2 Å². The van der Waals surface area contributed by atoms with Crippen LogP contribution < -0.4 is 10.6 Å². The number of hydrogen-bond donors (Lipinski definition) is 2. The number of carbonyl (C=O) groups excluding carboxylic acids is 1. The number of amides is 1. The topological polar surface area (TPSA) is 64.9 Å². The van der Waals surface area contributed by atoms with Gasteiger partial charge in [0, 0.05) is 11.1 Å². The molecular weight excluding hydrogens is 262 g/mol. The lowest BCUT2D eigenvalue weighted by atomic mass is 9.80. The molecule has 5 heteroatoms. The van der Waals surface area contributed by atoms with Crippen molar-refractivity contribution in [2.24, 2.45) is 5.41 Å². The Labute approximate surface area is 117 Å². The van der Waals surface area contributed by atoms with Crippen LogP contribution in [0.3, 0.4) is 0 Å². The maximum absolute atomic E-state index is 12.3. The van der Waals surface area contributed by atoms with E-state index in [4.69, 9.17) is 16.9 Å². The van der Waals surface area contributed by atoms with Crippen LogP contribution in [0.4, 0.5) is 5.69 Å². The SMILES string of the molecule is CC1(C(=O)Nc2ccc(Cl)c(C#N)c2)CCNCC1. The van der Waals surface area contributed by atoms with Gasteiger partial charge in [-0.2, -0.15) is 5.26 Å². The van der Waals surface area contributed by atoms with E-state index in [0.29, 0.717) is 16.3 Å². The first-order chi connectivity index (χ1) is 9.05. The van der Waals surface area contributed by atoms with Gasteiger partial charge in [-0.3, -0.25) is 4.79 Å². The summed E-state index contributed by atoms with van der Waals surface area (Å²) in [6.45, 7) is 3.69. The molecule has 0 radical (unpaired) electrons. The summed E-state index contributed by atoms with van der Waals surface area (Å²) in [5.74, 6) is 0.000197. The number of anilines is 1. The summed E-state index contributed by atoms with van der Waals surface area (Å²) in [5.41, 5.74) is 0.637. The second kappa shape index (κ2) is 5.60. The Bertz CT molecular complexity index is 530. The first-order valence-electron chi connectivity index (χ1n) is 6.27. The highest BCUT2D eigenvalue weighted by Gasteiger charge is 2.34. The van der Waals surface area contributed by atoms with E-state index in [1.807, 2.05) is 13.0 Å². The number of piperidine rings is 1. The van der Waals surface area contributed by atoms with E-state index in [1.54, 1.807) is 18.2 Å². The Hall–Kier alpha value is -1.57. The number of nitrogens with one attached hydrogen (secondary N) is 2. The van der Waals surface area contributed by atoms with Crippen molar-refractivity contribution in [2.45, 2.75) is 19.8 Å². The molecule has 0 saturated carbocycles. The fourth-order valence-corrected chi connectivity index (χ4v) is 2.34. The summed E-state index contributed by atoms with van der Waals surface area (Å²) >= 11 is 5.87. The molecule has 0 bridgehead atoms. The van der Waals surface area contributed by atoms with E-state index in [9.17, 15) is 4.79 Å². The van der Waals surface area contributed by atoms with E-state index >= 15 is 0 Å². The molecule has 1 aliphatic rings. The van der Waals surface area contributed by atoms with Crippen molar-refractivity contribution in [1.82, 2.24) is 5.32 Å². The fraction of sp³-hybridized carbons (Fsp3) is 0.429. The number of hydrogen-bond acceptors (Lipinski definition) is 3. The molecule has 0 atom stereocenters. The average molecular weight is 278 g/mol. The largest absolute Gasteiger partial charge is 0.326 e. The zero-order valence-corrected chi connectivity index (χ0v) is 11.5. The highest BCUT2D eigenvalue weighted by Crippen LogP contribution is 2.30. The van der Waals surface area contributed by atoms with Gasteiger partial charge in [-0.1, -0.05) is 18.5 Å². The molecule has 1 fully saturated rings. The van der Waals surface area contributed by atoms with Crippen LogP contribution in [-0.4, -0.2) is 19.0 Å². The molecule has 1 aromatic carbocycles. The predicted octanol–water partition coefficient (Wildman–Crippen LogP) is 2.54. The number of benzene rings is 1. The lowest BCUT2D eigenvalue weighted by Gasteiger charge is -2.32. The number of rotatable bonds is 2. The van der Waals surface area contributed by atoms with Gasteiger partial charge in [0.2, 0.25) is 5.91 Å². The van der Waals surface area contributed by atoms with Gasteiger partial charge in [-0.15, -0.1) is 0 Å². The third-order valence-electron chi connectivity index (χ3n) is 3.60. The van der Waals surface area contributed by atoms with Crippen LogP contribution in [0, 0.1) is 16.7 Å². The third-order valence-corrected chi connectivity index (χ3v) is 3.93. The molecular formula is C14H16ClN3O. The average Bonchev–Trinajstić information content (AvgIpc) is 2.41. The van der Waals surface area contributed by atoms with Gasteiger partial charge in [0.1, 0.15) is 6.07 Å². The van der Waals surface area contributed by atoms with Gasteiger partial charge in [0.05, 0.1) is 10.6 Å². The highest BCUT2D eigenvalue weighted by atomic mass is 35.5. The minimum absolute atomic E-state index is 0.000197. The number of halogens is 1. The first kappa shape index (κ1) is 13.9. The predicted molar refractivity (Wildman–Crippen MR) is 75.0 cm³/mol. The van der Waals surface area contributed by atoms with Gasteiger partial charge < -0.3 is 10.6 Å². The molecule has 2 N–H and O–H groups in total. The fourth-order valence-electron chi connectivity index (χ4n) is 2.18. The Morgan fingerprint density at radius 2 is 2.16 bits per heavy atom. The smallest absolute Gasteiger partial charge is 0.230 e. The number of carbonyl (C=O) groups is 1. The normalized spacial score (nSPS) is 17.5. The summed E-state index contributed by atoms with van der Waals surface area (Å²) in [5, 5.41) is 15.4. The second-order valence-corrected chi connectivity index (χ2v) is 5.48. The van der Waals surface area contributed by atoms with Crippen LogP contribution in [0.25, 0.3) is 0 Å². The Morgan fingerprint density at radius 3 is 2.79 bits per heavy atom. The van der Waals surface area contributed by atoms with Crippen molar-refractivity contribution in [3.63, 3.8) is 0 Å². The van der Waals surface area contributed by atoms with E-state index < -0.39 is 0 Å². The first-order valence-corrected chi connectivity index (χ1v) is 6.65. The molecule has 0 unspecified atom stereocenters. The molecule has 1 amide bonds. The molecule has 1 saturated heterocycles. The van der Waals surface area contributed by atoms with Gasteiger partial charge in [-0.25, -0.2) is 0 Å². The molecule has 100 valence electrons. The molecule has 2 rings (SSSR count). The Balaban J connectivity index is 2.13. The Morgan fingerprint density at radius 1 is 1.47 bits per heavy atom. The molecule has 1 heterocycles. The van der Waals surface area contributed by atoms with Gasteiger partial charge in [-0.05, 0) is 44.1 Å². The lowest BCUT2D eigenvalue weighted by molar-refractivity contribution is -0.126. The van der Waals surface area contributed by atoms with Crippen LogP contribution in [-0.2, 0) is 4.79 Å². The van der Waals surface area contributed by atoms with Crippen molar-refractivity contribution in [2.75, 3.05) is 18.4 Å². The van der Waals surface area contributed by atoms with Crippen molar-refractivity contribution in [3.05, 3.63) is 28.8 Å². The maximum Gasteiger partial charge on any atom is 0.230 e. The van der Waals surface area contributed by atoms with Gasteiger partial charge >= 0.3 is 0 Å². The summed E-state index contributed by atoms with van der Waals surface area (Å²) < 4.78 is 0. The van der Waals surface area contributed by atoms with E-state index in [2.05, 4.69) is 10.6 Å². The van der Waals surface area contributed by atoms with Crippen LogP contribution in [0.2, 0.25) is 5.02 Å². The van der Waals surface area contributed by atoms with Crippen LogP contribution in [0.5, 0.6) is 0 Å². The Kier molecular flexibility index (Phi) is 4.08. The molecule has 19 heavy (non-hydrogen) atoms. The molecule has 0 aliphatic carbocycles. The molecule has 0 spiro atoms. The number of nitriles is 1. The minimum Gasteiger partial charge on any atom is -0.326 e. The molecule has 1 aliphatic heterocycles. The van der Waals surface area contributed by atoms with E-state index in [0.717, 1.165) is 25.9 Å². The number of nitrogens with zero attached hydrogens (tertiary/aromatic N) is 1. The summed E-state index contributed by atoms with van der Waals surface area (Å²) in [7, 11) is 0. The minimum atomic E-state index is -0.350. The summed E-state index contributed by atoms with van der Waals surface area (Å²) in [6, 6.07) is 6.95. The quantitative estimate of drug-likeness (QED) is 0.873. The van der Waals surface area contributed by atoms with E-state index in [1.165, 1.54) is 0 Å². The highest BCUT2D eigenvalue weighted by molar-refractivity contribution is 6.31. The molecule has 4 nitrogen and oxygen atoms in total. The monoisotopic (exact) mass is 277 g/mol. The van der Waals surface area contributed by atoms with E-state index in [-0.39, 0.29) is 11.3 Å².